The molecule has 4 rings (SSSR count). The number of hydrogen-bond acceptors (Lipinski definition) is 1. The maximum atomic E-state index is 12.8. The van der Waals surface area contributed by atoms with E-state index in [2.05, 4.69) is 0 Å². The smallest absolute Gasteiger partial charge is 0.422 e. The number of ether oxygens (including phenoxy) is 1. The van der Waals surface area contributed by atoms with Gasteiger partial charge in [0.05, 0.1) is 10.6 Å². The van der Waals surface area contributed by atoms with Gasteiger partial charge in [0.2, 0.25) is 0 Å². The highest BCUT2D eigenvalue weighted by molar-refractivity contribution is 6.32. The van der Waals surface area contributed by atoms with E-state index in [4.69, 9.17) is 16.3 Å². The summed E-state index contributed by atoms with van der Waals surface area (Å²) in [6.45, 7) is -1.53. The van der Waals surface area contributed by atoms with Crippen molar-refractivity contribution in [1.29, 1.82) is 0 Å². The molecule has 2 saturated carbocycles. The zero-order valence-corrected chi connectivity index (χ0v) is 14.4. The second-order valence-electron chi connectivity index (χ2n) is 6.95. The predicted octanol–water partition coefficient (Wildman–Crippen LogP) is 6.70. The van der Waals surface area contributed by atoms with Crippen LogP contribution in [0.1, 0.15) is 23.5 Å². The molecule has 0 spiro atoms. The van der Waals surface area contributed by atoms with Gasteiger partial charge in [0.15, 0.2) is 6.61 Å². The molecule has 0 aliphatic heterocycles. The van der Waals surface area contributed by atoms with Crippen LogP contribution in [-0.2, 0) is 6.18 Å². The van der Waals surface area contributed by atoms with E-state index in [1.165, 1.54) is 12.1 Å². The van der Waals surface area contributed by atoms with Crippen molar-refractivity contribution in [2.75, 3.05) is 6.61 Å². The number of rotatable bonds is 4. The zero-order chi connectivity index (χ0) is 19.6. The maximum Gasteiger partial charge on any atom is 0.422 e. The molecule has 0 heterocycles. The number of halogens is 7. The normalized spacial score (nSPS) is 23.7. The molecule has 0 aromatic heterocycles. The van der Waals surface area contributed by atoms with Crippen molar-refractivity contribution in [3.8, 4) is 16.9 Å². The molecular weight excluding hydrogens is 394 g/mol. The predicted molar refractivity (Wildman–Crippen MR) is 87.8 cm³/mol. The highest BCUT2D eigenvalue weighted by Gasteiger charge is 2.64. The quantitative estimate of drug-likeness (QED) is 0.513. The molecule has 2 aromatic carbocycles. The Labute approximate surface area is 155 Å². The molecule has 2 aromatic rings. The second kappa shape index (κ2) is 6.06. The van der Waals surface area contributed by atoms with E-state index in [-0.39, 0.29) is 16.3 Å². The summed E-state index contributed by atoms with van der Waals surface area (Å²) in [4.78, 5) is 0. The Hall–Kier alpha value is -1.89. The molecule has 144 valence electrons. The Kier molecular flexibility index (Phi) is 4.14. The van der Waals surface area contributed by atoms with Gasteiger partial charge in [0, 0.05) is 5.56 Å². The van der Waals surface area contributed by atoms with Crippen LogP contribution >= 0.6 is 11.6 Å². The van der Waals surface area contributed by atoms with Gasteiger partial charge < -0.3 is 4.74 Å². The summed E-state index contributed by atoms with van der Waals surface area (Å²) in [5.74, 6) is 1.33. The number of benzene rings is 2. The molecule has 1 nitrogen and oxygen atoms in total. The van der Waals surface area contributed by atoms with Gasteiger partial charge in [-0.15, -0.1) is 0 Å². The molecular formula is C19H13ClF6O. The van der Waals surface area contributed by atoms with Gasteiger partial charge in [-0.05, 0) is 59.6 Å². The van der Waals surface area contributed by atoms with Crippen molar-refractivity contribution < 1.29 is 31.1 Å². The summed E-state index contributed by atoms with van der Waals surface area (Å²) in [5, 5.41) is 0.0259. The van der Waals surface area contributed by atoms with Crippen LogP contribution in [0.3, 0.4) is 0 Å². The lowest BCUT2D eigenvalue weighted by Gasteiger charge is -2.18. The Morgan fingerprint density at radius 1 is 0.963 bits per heavy atom. The van der Waals surface area contributed by atoms with Crippen LogP contribution < -0.4 is 4.74 Å². The van der Waals surface area contributed by atoms with Gasteiger partial charge >= 0.3 is 12.4 Å². The molecule has 0 saturated heterocycles. The van der Waals surface area contributed by atoms with Crippen LogP contribution in [0.15, 0.2) is 36.4 Å². The molecule has 0 radical (unpaired) electrons. The van der Waals surface area contributed by atoms with Crippen molar-refractivity contribution in [3.05, 3.63) is 52.5 Å². The summed E-state index contributed by atoms with van der Waals surface area (Å²) in [7, 11) is 0. The van der Waals surface area contributed by atoms with Gasteiger partial charge in [0.1, 0.15) is 5.75 Å². The fourth-order valence-electron chi connectivity index (χ4n) is 3.43. The van der Waals surface area contributed by atoms with E-state index in [1.54, 1.807) is 12.1 Å². The van der Waals surface area contributed by atoms with Crippen LogP contribution in [0, 0.1) is 11.8 Å². The number of fused-ring (bicyclic) bond motifs is 1. The minimum absolute atomic E-state index is 0.0259. The van der Waals surface area contributed by atoms with Crippen molar-refractivity contribution in [3.63, 3.8) is 0 Å². The van der Waals surface area contributed by atoms with Crippen LogP contribution in [-0.4, -0.2) is 12.8 Å². The van der Waals surface area contributed by atoms with E-state index in [9.17, 15) is 26.3 Å². The van der Waals surface area contributed by atoms with E-state index in [1.807, 2.05) is 0 Å². The summed E-state index contributed by atoms with van der Waals surface area (Å²) in [6, 6.07) is 7.48. The molecule has 8 heteroatoms. The number of hydrogen-bond donors (Lipinski definition) is 0. The minimum atomic E-state index is -4.56. The summed E-state index contributed by atoms with van der Waals surface area (Å²) < 4.78 is 80.9. The van der Waals surface area contributed by atoms with E-state index in [0.29, 0.717) is 23.3 Å². The minimum Gasteiger partial charge on any atom is -0.482 e. The SMILES string of the molecule is FC(F)(F)COc1c(Cl)cc(C2C3CC32)cc1-c1ccc(C(F)(F)F)cc1. The molecule has 2 fully saturated rings. The van der Waals surface area contributed by atoms with Gasteiger partial charge in [0.25, 0.3) is 0 Å². The Balaban J connectivity index is 1.72. The third-order valence-corrected chi connectivity index (χ3v) is 5.31. The lowest BCUT2D eigenvalue weighted by molar-refractivity contribution is -0.153. The van der Waals surface area contributed by atoms with Crippen molar-refractivity contribution >= 4 is 11.6 Å². The summed E-state index contributed by atoms with van der Waals surface area (Å²) in [6.07, 6.45) is -7.93. The Morgan fingerprint density at radius 3 is 2.07 bits per heavy atom. The highest BCUT2D eigenvalue weighted by atomic mass is 35.5. The summed E-state index contributed by atoms with van der Waals surface area (Å²) in [5.41, 5.74) is 0.630. The number of alkyl halides is 6. The van der Waals surface area contributed by atoms with Crippen LogP contribution in [0.4, 0.5) is 26.3 Å². The Bertz CT molecular complexity index is 863. The van der Waals surface area contributed by atoms with Gasteiger partial charge in [-0.2, -0.15) is 26.3 Å². The first-order valence-electron chi connectivity index (χ1n) is 8.25. The van der Waals surface area contributed by atoms with Crippen LogP contribution in [0.25, 0.3) is 11.1 Å². The monoisotopic (exact) mass is 406 g/mol. The molecule has 2 unspecified atom stereocenters. The second-order valence-corrected chi connectivity index (χ2v) is 7.35. The van der Waals surface area contributed by atoms with Gasteiger partial charge in [-0.1, -0.05) is 23.7 Å². The fraction of sp³-hybridized carbons (Fsp3) is 0.368. The first-order chi connectivity index (χ1) is 12.5. The molecule has 27 heavy (non-hydrogen) atoms. The molecule has 0 N–H and O–H groups in total. The van der Waals surface area contributed by atoms with E-state index < -0.39 is 24.5 Å². The first kappa shape index (κ1) is 18.5. The molecule has 2 atom stereocenters. The lowest BCUT2D eigenvalue weighted by Crippen LogP contribution is -2.19. The van der Waals surface area contributed by atoms with Crippen LogP contribution in [0.2, 0.25) is 5.02 Å². The third kappa shape index (κ3) is 3.74. The highest BCUT2D eigenvalue weighted by Crippen LogP contribution is 2.73. The van der Waals surface area contributed by atoms with E-state index in [0.717, 1.165) is 24.1 Å². The largest absolute Gasteiger partial charge is 0.482 e. The maximum absolute atomic E-state index is 12.8. The zero-order valence-electron chi connectivity index (χ0n) is 13.7. The van der Waals surface area contributed by atoms with Crippen molar-refractivity contribution in [2.45, 2.75) is 24.7 Å². The molecule has 2 aliphatic rings. The standard InChI is InChI=1S/C19H13ClF6O/c20-15-6-10(16-13-7-14(13)16)5-12(17(15)27-8-18(21,22)23)9-1-3-11(4-2-9)19(24,25)26/h1-6,13-14,16H,7-8H2. The van der Waals surface area contributed by atoms with Gasteiger partial charge in [-0.3, -0.25) is 0 Å². The Morgan fingerprint density at radius 2 is 1.59 bits per heavy atom. The van der Waals surface area contributed by atoms with E-state index >= 15 is 0 Å². The molecule has 2 aliphatic carbocycles. The van der Waals surface area contributed by atoms with Crippen molar-refractivity contribution in [2.24, 2.45) is 11.8 Å². The molecule has 0 bridgehead atoms. The lowest BCUT2D eigenvalue weighted by atomic mass is 9.96. The van der Waals surface area contributed by atoms with Crippen LogP contribution in [0.5, 0.6) is 5.75 Å². The van der Waals surface area contributed by atoms with Crippen molar-refractivity contribution in [1.82, 2.24) is 0 Å². The topological polar surface area (TPSA) is 9.23 Å². The summed E-state index contributed by atoms with van der Waals surface area (Å²) >= 11 is 6.18. The van der Waals surface area contributed by atoms with Gasteiger partial charge in [-0.25, -0.2) is 0 Å². The first-order valence-corrected chi connectivity index (χ1v) is 8.63. The average Bonchev–Trinajstić information content (AvgIpc) is 3.43. The average molecular weight is 407 g/mol. The fourth-order valence-corrected chi connectivity index (χ4v) is 3.72. The third-order valence-electron chi connectivity index (χ3n) is 5.03. The molecule has 0 amide bonds.